The fraction of sp³-hybridized carbons (Fsp3) is 0.417. The molecule has 0 saturated heterocycles. The summed E-state index contributed by atoms with van der Waals surface area (Å²) >= 11 is 0. The third-order valence-corrected chi connectivity index (χ3v) is 2.46. The van der Waals surface area contributed by atoms with Crippen molar-refractivity contribution in [1.82, 2.24) is 0 Å². The van der Waals surface area contributed by atoms with Crippen LogP contribution in [-0.4, -0.2) is 12.4 Å². The molecule has 0 radical (unpaired) electrons. The van der Waals surface area contributed by atoms with Crippen LogP contribution < -0.4 is 10.5 Å². The summed E-state index contributed by atoms with van der Waals surface area (Å²) in [5, 5.41) is 0. The van der Waals surface area contributed by atoms with Gasteiger partial charge in [-0.2, -0.15) is 0 Å². The fourth-order valence-corrected chi connectivity index (χ4v) is 1.53. The topological polar surface area (TPSA) is 47.6 Å². The lowest BCUT2D eigenvalue weighted by Crippen LogP contribution is -2.23. The number of hydrogen-bond donors (Lipinski definition) is 1. The maximum Gasteiger partial charge on any atom is 0.145 e. The van der Waals surface area contributed by atoms with E-state index in [1.807, 2.05) is 12.1 Å². The van der Waals surface area contributed by atoms with Gasteiger partial charge in [0.05, 0.1) is 0 Å². The van der Waals surface area contributed by atoms with E-state index in [0.717, 1.165) is 11.4 Å². The summed E-state index contributed by atoms with van der Waals surface area (Å²) in [6, 6.07) is 6.09. The van der Waals surface area contributed by atoms with Gasteiger partial charge in [-0.3, -0.25) is 0 Å². The monoisotopic (exact) mass is 204 g/mol. The van der Waals surface area contributed by atoms with Gasteiger partial charge in [0.15, 0.2) is 0 Å². The van der Waals surface area contributed by atoms with Gasteiger partial charge in [0, 0.05) is 0 Å². The smallest absolute Gasteiger partial charge is 0.145 e. The lowest BCUT2D eigenvalue weighted by atomic mass is 9.87. The molecule has 0 aromatic heterocycles. The number of ether oxygens (including phenoxy) is 1. The molecule has 3 heteroatoms. The van der Waals surface area contributed by atoms with E-state index in [4.69, 9.17) is 10.5 Å². The minimum Gasteiger partial charge on any atom is -0.483 e. The van der Waals surface area contributed by atoms with Crippen LogP contribution in [0.15, 0.2) is 23.2 Å². The number of aliphatic imine (C=N–C) groups is 1. The van der Waals surface area contributed by atoms with E-state index < -0.39 is 0 Å². The molecular weight excluding hydrogens is 188 g/mol. The standard InChI is InChI=1S/C12H16N2O/c1-12(2,3)8-4-5-10-9(6-8)14-11(13)7-15-10/h4-6H,7H2,1-3H3,(H2,13,14). The van der Waals surface area contributed by atoms with Crippen LogP contribution in [0.1, 0.15) is 26.3 Å². The van der Waals surface area contributed by atoms with E-state index in [1.54, 1.807) is 0 Å². The van der Waals surface area contributed by atoms with Gasteiger partial charge in [-0.05, 0) is 23.1 Å². The molecule has 0 aliphatic carbocycles. The van der Waals surface area contributed by atoms with Gasteiger partial charge >= 0.3 is 0 Å². The normalized spacial score (nSPS) is 15.3. The van der Waals surface area contributed by atoms with Gasteiger partial charge in [-0.1, -0.05) is 26.8 Å². The van der Waals surface area contributed by atoms with Gasteiger partial charge in [0.25, 0.3) is 0 Å². The minimum absolute atomic E-state index is 0.122. The molecule has 1 aliphatic heterocycles. The summed E-state index contributed by atoms with van der Waals surface area (Å²) in [5.74, 6) is 1.35. The molecular formula is C12H16N2O. The van der Waals surface area contributed by atoms with E-state index >= 15 is 0 Å². The average Bonchev–Trinajstić information content (AvgIpc) is 2.15. The Hall–Kier alpha value is -1.51. The van der Waals surface area contributed by atoms with Crippen molar-refractivity contribution in [3.63, 3.8) is 0 Å². The summed E-state index contributed by atoms with van der Waals surface area (Å²) in [6.45, 7) is 6.91. The molecule has 0 amide bonds. The molecule has 0 unspecified atom stereocenters. The Morgan fingerprint density at radius 3 is 2.73 bits per heavy atom. The van der Waals surface area contributed by atoms with Crippen LogP contribution in [0, 0.1) is 0 Å². The molecule has 0 fully saturated rings. The van der Waals surface area contributed by atoms with Crippen molar-refractivity contribution in [1.29, 1.82) is 0 Å². The van der Waals surface area contributed by atoms with Crippen LogP contribution in [0.5, 0.6) is 5.75 Å². The van der Waals surface area contributed by atoms with Crippen molar-refractivity contribution >= 4 is 11.5 Å². The Kier molecular flexibility index (Phi) is 2.18. The van der Waals surface area contributed by atoms with Crippen molar-refractivity contribution in [3.8, 4) is 5.75 Å². The summed E-state index contributed by atoms with van der Waals surface area (Å²) in [6.07, 6.45) is 0. The van der Waals surface area contributed by atoms with Crippen molar-refractivity contribution in [3.05, 3.63) is 23.8 Å². The second kappa shape index (κ2) is 3.26. The number of benzene rings is 1. The number of fused-ring (bicyclic) bond motifs is 1. The van der Waals surface area contributed by atoms with Gasteiger partial charge in [0.1, 0.15) is 23.9 Å². The molecule has 0 atom stereocenters. The van der Waals surface area contributed by atoms with Gasteiger partial charge in [0.2, 0.25) is 0 Å². The third-order valence-electron chi connectivity index (χ3n) is 2.46. The molecule has 15 heavy (non-hydrogen) atoms. The van der Waals surface area contributed by atoms with Crippen molar-refractivity contribution in [2.24, 2.45) is 10.7 Å². The quantitative estimate of drug-likeness (QED) is 0.705. The SMILES string of the molecule is CC(C)(C)c1ccc2c(c1)N=C(N)CO2. The highest BCUT2D eigenvalue weighted by Crippen LogP contribution is 2.34. The van der Waals surface area contributed by atoms with E-state index in [9.17, 15) is 0 Å². The first kappa shape index (κ1) is 10.0. The zero-order valence-corrected chi connectivity index (χ0v) is 9.37. The van der Waals surface area contributed by atoms with Crippen molar-refractivity contribution in [2.75, 3.05) is 6.61 Å². The summed E-state index contributed by atoms with van der Waals surface area (Å²) in [5.41, 5.74) is 7.83. The van der Waals surface area contributed by atoms with E-state index in [-0.39, 0.29) is 5.41 Å². The van der Waals surface area contributed by atoms with Gasteiger partial charge in [-0.15, -0.1) is 0 Å². The maximum absolute atomic E-state index is 5.63. The van der Waals surface area contributed by atoms with Gasteiger partial charge < -0.3 is 10.5 Å². The van der Waals surface area contributed by atoms with E-state index in [0.29, 0.717) is 12.4 Å². The lowest BCUT2D eigenvalue weighted by Gasteiger charge is -2.22. The third kappa shape index (κ3) is 1.96. The lowest BCUT2D eigenvalue weighted by molar-refractivity contribution is 0.370. The molecule has 2 N–H and O–H groups in total. The molecule has 1 aliphatic rings. The zero-order chi connectivity index (χ0) is 11.1. The molecule has 0 saturated carbocycles. The Bertz CT molecular complexity index is 416. The molecule has 0 bridgehead atoms. The number of hydrogen-bond acceptors (Lipinski definition) is 3. The fourth-order valence-electron chi connectivity index (χ4n) is 1.53. The highest BCUT2D eigenvalue weighted by atomic mass is 16.5. The number of nitrogens with two attached hydrogens (primary N) is 1. The largest absolute Gasteiger partial charge is 0.483 e. The maximum atomic E-state index is 5.63. The summed E-state index contributed by atoms with van der Waals surface area (Å²) < 4.78 is 5.45. The molecule has 1 aromatic rings. The highest BCUT2D eigenvalue weighted by Gasteiger charge is 2.17. The Morgan fingerprint density at radius 1 is 1.33 bits per heavy atom. The molecule has 80 valence electrons. The zero-order valence-electron chi connectivity index (χ0n) is 9.37. The Morgan fingerprint density at radius 2 is 2.07 bits per heavy atom. The molecule has 2 rings (SSSR count). The van der Waals surface area contributed by atoms with Crippen molar-refractivity contribution in [2.45, 2.75) is 26.2 Å². The number of amidine groups is 1. The van der Waals surface area contributed by atoms with Crippen LogP contribution in [0.2, 0.25) is 0 Å². The first-order valence-electron chi connectivity index (χ1n) is 5.07. The first-order chi connectivity index (χ1) is 6.97. The van der Waals surface area contributed by atoms with Crippen LogP contribution >= 0.6 is 0 Å². The minimum atomic E-state index is 0.122. The predicted molar refractivity (Wildman–Crippen MR) is 61.9 cm³/mol. The average molecular weight is 204 g/mol. The van der Waals surface area contributed by atoms with E-state index in [2.05, 4.69) is 31.8 Å². The molecule has 0 spiro atoms. The number of rotatable bonds is 0. The van der Waals surface area contributed by atoms with E-state index in [1.165, 1.54) is 5.56 Å². The van der Waals surface area contributed by atoms with Crippen LogP contribution in [0.25, 0.3) is 0 Å². The first-order valence-corrected chi connectivity index (χ1v) is 5.07. The van der Waals surface area contributed by atoms with Crippen LogP contribution in [-0.2, 0) is 5.41 Å². The van der Waals surface area contributed by atoms with Crippen LogP contribution in [0.4, 0.5) is 5.69 Å². The second-order valence-electron chi connectivity index (χ2n) is 4.82. The second-order valence-corrected chi connectivity index (χ2v) is 4.82. The predicted octanol–water partition coefficient (Wildman–Crippen LogP) is 2.37. The molecule has 3 nitrogen and oxygen atoms in total. The summed E-state index contributed by atoms with van der Waals surface area (Å²) in [4.78, 5) is 4.29. The van der Waals surface area contributed by atoms with Crippen LogP contribution in [0.3, 0.4) is 0 Å². The highest BCUT2D eigenvalue weighted by molar-refractivity contribution is 5.87. The molecule has 1 aromatic carbocycles. The van der Waals surface area contributed by atoms with Gasteiger partial charge in [-0.25, -0.2) is 4.99 Å². The van der Waals surface area contributed by atoms with Crippen molar-refractivity contribution < 1.29 is 4.74 Å². The molecule has 1 heterocycles. The Labute approximate surface area is 90.0 Å². The summed E-state index contributed by atoms with van der Waals surface area (Å²) in [7, 11) is 0. The number of nitrogens with zero attached hydrogens (tertiary/aromatic N) is 1. The Balaban J connectivity index is 2.47.